The van der Waals surface area contributed by atoms with E-state index in [1.807, 2.05) is 0 Å². The fourth-order valence-corrected chi connectivity index (χ4v) is 3.43. The van der Waals surface area contributed by atoms with Gasteiger partial charge in [0.1, 0.15) is 0 Å². The van der Waals surface area contributed by atoms with Crippen molar-refractivity contribution in [1.82, 2.24) is 5.32 Å². The lowest BCUT2D eigenvalue weighted by Crippen LogP contribution is -2.47. The van der Waals surface area contributed by atoms with E-state index in [1.54, 1.807) is 0 Å². The van der Waals surface area contributed by atoms with E-state index in [-0.39, 0.29) is 0 Å². The van der Waals surface area contributed by atoms with E-state index in [2.05, 4.69) is 19.2 Å². The van der Waals surface area contributed by atoms with Crippen molar-refractivity contribution in [3.8, 4) is 0 Å². The Morgan fingerprint density at radius 1 is 1.25 bits per heavy atom. The summed E-state index contributed by atoms with van der Waals surface area (Å²) in [7, 11) is 0. The molecule has 1 saturated carbocycles. The summed E-state index contributed by atoms with van der Waals surface area (Å²) in [5.74, 6) is 0.916. The predicted octanol–water partition coefficient (Wildman–Crippen LogP) is 2.97. The lowest BCUT2D eigenvalue weighted by atomic mass is 9.70. The molecule has 94 valence electrons. The third-order valence-electron chi connectivity index (χ3n) is 4.44. The third kappa shape index (κ3) is 2.78. The molecule has 2 nitrogen and oxygen atoms in total. The molecular weight excluding hydrogens is 198 g/mol. The Balaban J connectivity index is 1.98. The highest BCUT2D eigenvalue weighted by atomic mass is 16.5. The number of hydrogen-bond acceptors (Lipinski definition) is 2. The summed E-state index contributed by atoms with van der Waals surface area (Å²) in [6.07, 6.45) is 8.38. The summed E-state index contributed by atoms with van der Waals surface area (Å²) in [5, 5.41) is 3.65. The zero-order valence-electron chi connectivity index (χ0n) is 10.9. The first-order chi connectivity index (χ1) is 7.73. The van der Waals surface area contributed by atoms with Gasteiger partial charge in [0.2, 0.25) is 0 Å². The Morgan fingerprint density at radius 2 is 2.00 bits per heavy atom. The van der Waals surface area contributed by atoms with Crippen LogP contribution in [0.1, 0.15) is 52.4 Å². The molecule has 1 aliphatic heterocycles. The second kappa shape index (κ2) is 5.50. The zero-order chi connectivity index (χ0) is 11.4. The predicted molar refractivity (Wildman–Crippen MR) is 67.6 cm³/mol. The second-order valence-electron chi connectivity index (χ2n) is 6.04. The van der Waals surface area contributed by atoms with Gasteiger partial charge in [-0.2, -0.15) is 0 Å². The van der Waals surface area contributed by atoms with Gasteiger partial charge in [0.15, 0.2) is 0 Å². The highest BCUT2D eigenvalue weighted by Gasteiger charge is 2.41. The van der Waals surface area contributed by atoms with Crippen LogP contribution in [0.25, 0.3) is 0 Å². The molecule has 0 spiro atoms. The van der Waals surface area contributed by atoms with Crippen molar-refractivity contribution in [3.63, 3.8) is 0 Å². The first-order valence-corrected chi connectivity index (χ1v) is 7.04. The Kier molecular flexibility index (Phi) is 4.26. The highest BCUT2D eigenvalue weighted by molar-refractivity contribution is 4.92. The first kappa shape index (κ1) is 12.4. The van der Waals surface area contributed by atoms with Crippen molar-refractivity contribution >= 4 is 0 Å². The van der Waals surface area contributed by atoms with Crippen LogP contribution < -0.4 is 5.32 Å². The molecule has 1 heterocycles. The average Bonchev–Trinajstić information content (AvgIpc) is 2.82. The van der Waals surface area contributed by atoms with Gasteiger partial charge in [-0.1, -0.05) is 26.7 Å². The van der Waals surface area contributed by atoms with E-state index in [4.69, 9.17) is 4.74 Å². The molecule has 1 atom stereocenters. The summed E-state index contributed by atoms with van der Waals surface area (Å²) in [6, 6.07) is 0.597. The molecule has 2 aliphatic rings. The smallest absolute Gasteiger partial charge is 0.0537 e. The van der Waals surface area contributed by atoms with Gasteiger partial charge in [-0.3, -0.25) is 0 Å². The molecule has 0 aromatic carbocycles. The molecule has 1 unspecified atom stereocenters. The number of nitrogens with one attached hydrogen (secondary N) is 1. The van der Waals surface area contributed by atoms with Crippen molar-refractivity contribution in [2.24, 2.45) is 11.3 Å². The minimum absolute atomic E-state index is 0.457. The monoisotopic (exact) mass is 225 g/mol. The minimum atomic E-state index is 0.457. The van der Waals surface area contributed by atoms with E-state index in [1.165, 1.54) is 38.5 Å². The summed E-state index contributed by atoms with van der Waals surface area (Å²) in [6.45, 7) is 7.63. The topological polar surface area (TPSA) is 21.3 Å². The molecule has 0 amide bonds. The normalized spacial score (nSPS) is 32.4. The summed E-state index contributed by atoms with van der Waals surface area (Å²) in [4.78, 5) is 0. The Hall–Kier alpha value is -0.0800. The lowest BCUT2D eigenvalue weighted by Gasteiger charge is -2.42. The van der Waals surface area contributed by atoms with Gasteiger partial charge in [-0.15, -0.1) is 0 Å². The molecule has 2 fully saturated rings. The van der Waals surface area contributed by atoms with Crippen molar-refractivity contribution < 1.29 is 4.74 Å². The standard InChI is InChI=1S/C14H27NO/c1-12(2)15-10-14(8-5-9-16-11-14)13-6-3-4-7-13/h12-13,15H,3-11H2,1-2H3. The molecule has 16 heavy (non-hydrogen) atoms. The molecule has 0 bridgehead atoms. The van der Waals surface area contributed by atoms with Crippen LogP contribution in [0.2, 0.25) is 0 Å². The highest BCUT2D eigenvalue weighted by Crippen LogP contribution is 2.44. The van der Waals surface area contributed by atoms with Crippen molar-refractivity contribution in [2.45, 2.75) is 58.4 Å². The van der Waals surface area contributed by atoms with Gasteiger partial charge in [0.25, 0.3) is 0 Å². The van der Waals surface area contributed by atoms with Crippen LogP contribution in [0, 0.1) is 11.3 Å². The Bertz CT molecular complexity index is 203. The third-order valence-corrected chi connectivity index (χ3v) is 4.44. The maximum absolute atomic E-state index is 5.79. The second-order valence-corrected chi connectivity index (χ2v) is 6.04. The van der Waals surface area contributed by atoms with Crippen molar-refractivity contribution in [2.75, 3.05) is 19.8 Å². The number of rotatable bonds is 4. The largest absolute Gasteiger partial charge is 0.381 e. The van der Waals surface area contributed by atoms with Crippen molar-refractivity contribution in [1.29, 1.82) is 0 Å². The average molecular weight is 225 g/mol. The zero-order valence-corrected chi connectivity index (χ0v) is 10.9. The first-order valence-electron chi connectivity index (χ1n) is 7.04. The molecule has 2 heteroatoms. The number of ether oxygens (including phenoxy) is 1. The quantitative estimate of drug-likeness (QED) is 0.794. The molecule has 0 aromatic rings. The van der Waals surface area contributed by atoms with Crippen LogP contribution >= 0.6 is 0 Å². The van der Waals surface area contributed by atoms with E-state index in [0.29, 0.717) is 11.5 Å². The van der Waals surface area contributed by atoms with E-state index < -0.39 is 0 Å². The van der Waals surface area contributed by atoms with E-state index in [9.17, 15) is 0 Å². The van der Waals surface area contributed by atoms with Crippen LogP contribution in [0.3, 0.4) is 0 Å². The molecular formula is C14H27NO. The fraction of sp³-hybridized carbons (Fsp3) is 1.00. The fourth-order valence-electron chi connectivity index (χ4n) is 3.43. The molecule has 1 N–H and O–H groups in total. The van der Waals surface area contributed by atoms with Gasteiger partial charge in [0.05, 0.1) is 6.61 Å². The van der Waals surface area contributed by atoms with Gasteiger partial charge < -0.3 is 10.1 Å². The summed E-state index contributed by atoms with van der Waals surface area (Å²) in [5.41, 5.74) is 0.457. The van der Waals surface area contributed by atoms with E-state index >= 15 is 0 Å². The summed E-state index contributed by atoms with van der Waals surface area (Å²) < 4.78 is 5.79. The van der Waals surface area contributed by atoms with E-state index in [0.717, 1.165) is 25.7 Å². The van der Waals surface area contributed by atoms with Gasteiger partial charge >= 0.3 is 0 Å². The SMILES string of the molecule is CC(C)NCC1(C2CCCC2)CCCOC1. The summed E-state index contributed by atoms with van der Waals surface area (Å²) >= 11 is 0. The van der Waals surface area contributed by atoms with Gasteiger partial charge in [-0.05, 0) is 31.6 Å². The molecule has 1 aliphatic carbocycles. The Labute approximate surface area is 100 Å². The lowest BCUT2D eigenvalue weighted by molar-refractivity contribution is -0.0412. The minimum Gasteiger partial charge on any atom is -0.381 e. The number of hydrogen-bond donors (Lipinski definition) is 1. The molecule has 1 saturated heterocycles. The van der Waals surface area contributed by atoms with Gasteiger partial charge in [0, 0.05) is 24.6 Å². The van der Waals surface area contributed by atoms with Crippen LogP contribution in [0.5, 0.6) is 0 Å². The van der Waals surface area contributed by atoms with Crippen molar-refractivity contribution in [3.05, 3.63) is 0 Å². The van der Waals surface area contributed by atoms with Crippen LogP contribution in [-0.2, 0) is 4.74 Å². The van der Waals surface area contributed by atoms with Gasteiger partial charge in [-0.25, -0.2) is 0 Å². The maximum atomic E-state index is 5.79. The molecule has 2 rings (SSSR count). The van der Waals surface area contributed by atoms with Crippen LogP contribution in [0.4, 0.5) is 0 Å². The molecule has 0 aromatic heterocycles. The van der Waals surface area contributed by atoms with Crippen LogP contribution in [0.15, 0.2) is 0 Å². The maximum Gasteiger partial charge on any atom is 0.0537 e. The van der Waals surface area contributed by atoms with Crippen LogP contribution in [-0.4, -0.2) is 25.8 Å². The Morgan fingerprint density at radius 3 is 2.56 bits per heavy atom. The molecule has 0 radical (unpaired) electrons.